The zero-order valence-corrected chi connectivity index (χ0v) is 20.0. The second kappa shape index (κ2) is 9.77. The highest BCUT2D eigenvalue weighted by molar-refractivity contribution is 8.01. The van der Waals surface area contributed by atoms with Gasteiger partial charge in [0.15, 0.2) is 10.1 Å². The van der Waals surface area contributed by atoms with Crippen LogP contribution >= 0.6 is 23.1 Å². The monoisotopic (exact) mass is 481 g/mol. The van der Waals surface area contributed by atoms with E-state index in [0.717, 1.165) is 16.8 Å². The summed E-state index contributed by atoms with van der Waals surface area (Å²) in [6.07, 6.45) is 1.78. The Morgan fingerprint density at radius 1 is 1.36 bits per heavy atom. The highest BCUT2D eigenvalue weighted by atomic mass is 32.2. The van der Waals surface area contributed by atoms with Crippen LogP contribution in [0.4, 0.5) is 5.13 Å². The molecule has 1 aromatic carbocycles. The summed E-state index contributed by atoms with van der Waals surface area (Å²) in [4.78, 5) is 26.5. The summed E-state index contributed by atoms with van der Waals surface area (Å²) in [7, 11) is 0. The normalized spacial score (nSPS) is 18.3. The minimum absolute atomic E-state index is 0.0242. The Balaban J connectivity index is 1.77. The van der Waals surface area contributed by atoms with Gasteiger partial charge in [0.25, 0.3) is 0 Å². The number of ketones is 1. The number of hydrogen-bond acceptors (Lipinski definition) is 10. The molecule has 0 spiro atoms. The fraction of sp³-hybridized carbons (Fsp3) is 0.348. The number of ether oxygens (including phenoxy) is 1. The van der Waals surface area contributed by atoms with E-state index in [0.29, 0.717) is 46.5 Å². The Labute approximate surface area is 200 Å². The molecule has 4 rings (SSSR count). The number of carbonyl (C=O) groups is 2. The summed E-state index contributed by atoms with van der Waals surface area (Å²) in [5.74, 6) is -0.416. The van der Waals surface area contributed by atoms with Gasteiger partial charge in [-0.1, -0.05) is 47.4 Å². The maximum absolute atomic E-state index is 13.2. The first kappa shape index (κ1) is 23.0. The molecule has 0 amide bonds. The van der Waals surface area contributed by atoms with E-state index in [1.807, 2.05) is 31.2 Å². The fourth-order valence-corrected chi connectivity index (χ4v) is 5.88. The lowest BCUT2D eigenvalue weighted by molar-refractivity contribution is -0.139. The summed E-state index contributed by atoms with van der Waals surface area (Å²) < 4.78 is 5.53. The lowest BCUT2D eigenvalue weighted by Gasteiger charge is -2.38. The lowest BCUT2D eigenvalue weighted by Crippen LogP contribution is -2.38. The number of rotatable bonds is 6. The van der Waals surface area contributed by atoms with Crippen LogP contribution in [0.5, 0.6) is 0 Å². The van der Waals surface area contributed by atoms with Gasteiger partial charge in [0.2, 0.25) is 5.13 Å². The standard InChI is InChI=1S/C23H23N5O3S2/c1-3-31-18(30)12-32-23-27-26-22(33-23)28-16-9-6-10-17(29)20(16)19(15(11-24)21(28)25)14-8-5-4-7-13(14)2/h4-5,7-8,19H,3,6,9-10,12,25H2,1-2H3. The van der Waals surface area contributed by atoms with Crippen molar-refractivity contribution >= 4 is 40.0 Å². The van der Waals surface area contributed by atoms with Crippen molar-refractivity contribution < 1.29 is 14.3 Å². The quantitative estimate of drug-likeness (QED) is 0.485. The van der Waals surface area contributed by atoms with Gasteiger partial charge < -0.3 is 10.5 Å². The van der Waals surface area contributed by atoms with E-state index >= 15 is 0 Å². The molecular formula is C23H23N5O3S2. The molecule has 1 aliphatic heterocycles. The number of nitrogens with two attached hydrogens (primary N) is 1. The molecule has 2 N–H and O–H groups in total. The largest absolute Gasteiger partial charge is 0.465 e. The topological polar surface area (TPSA) is 122 Å². The third kappa shape index (κ3) is 4.38. The summed E-state index contributed by atoms with van der Waals surface area (Å²) >= 11 is 2.49. The van der Waals surface area contributed by atoms with Gasteiger partial charge in [-0.25, -0.2) is 0 Å². The minimum Gasteiger partial charge on any atom is -0.465 e. The average Bonchev–Trinajstić information content (AvgIpc) is 3.26. The third-order valence-corrected chi connectivity index (χ3v) is 7.63. The molecule has 2 aromatic rings. The number of benzene rings is 1. The Morgan fingerprint density at radius 3 is 2.88 bits per heavy atom. The van der Waals surface area contributed by atoms with Crippen molar-refractivity contribution in [3.05, 3.63) is 58.1 Å². The second-order valence-corrected chi connectivity index (χ2v) is 9.80. The number of carbonyl (C=O) groups excluding carboxylic acids is 2. The summed E-state index contributed by atoms with van der Waals surface area (Å²) in [5.41, 5.74) is 10.2. The molecule has 0 fully saturated rings. The zero-order chi connectivity index (χ0) is 23.5. The van der Waals surface area contributed by atoms with E-state index < -0.39 is 5.92 Å². The number of aromatic nitrogens is 2. The van der Waals surface area contributed by atoms with E-state index in [9.17, 15) is 14.9 Å². The van der Waals surface area contributed by atoms with E-state index in [2.05, 4.69) is 16.3 Å². The van der Waals surface area contributed by atoms with Gasteiger partial charge in [-0.05, 0) is 37.8 Å². The van der Waals surface area contributed by atoms with E-state index in [4.69, 9.17) is 10.5 Å². The van der Waals surface area contributed by atoms with Gasteiger partial charge in [-0.15, -0.1) is 10.2 Å². The number of Topliss-reactive ketones (excluding diaryl/α,β-unsaturated/α-hetero) is 1. The molecular weight excluding hydrogens is 458 g/mol. The molecule has 1 unspecified atom stereocenters. The van der Waals surface area contributed by atoms with Gasteiger partial charge in [-0.2, -0.15) is 5.26 Å². The fourth-order valence-electron chi connectivity index (χ4n) is 4.20. The Kier molecular flexibility index (Phi) is 6.81. The Hall–Kier alpha value is -3.16. The molecule has 33 heavy (non-hydrogen) atoms. The molecule has 0 saturated carbocycles. The van der Waals surface area contributed by atoms with E-state index in [1.54, 1.807) is 11.8 Å². The summed E-state index contributed by atoms with van der Waals surface area (Å²) in [5, 5.41) is 19.0. The molecule has 1 aliphatic carbocycles. The Bertz CT molecular complexity index is 1210. The highest BCUT2D eigenvalue weighted by Crippen LogP contribution is 2.47. The molecule has 2 aliphatic rings. The predicted molar refractivity (Wildman–Crippen MR) is 126 cm³/mol. The van der Waals surface area contributed by atoms with Crippen LogP contribution in [-0.4, -0.2) is 34.3 Å². The van der Waals surface area contributed by atoms with Crippen LogP contribution in [0.3, 0.4) is 0 Å². The van der Waals surface area contributed by atoms with Crippen LogP contribution in [0.1, 0.15) is 43.2 Å². The van der Waals surface area contributed by atoms with Gasteiger partial charge in [-0.3, -0.25) is 14.5 Å². The summed E-state index contributed by atoms with van der Waals surface area (Å²) in [6.45, 7) is 4.04. The molecule has 0 bridgehead atoms. The predicted octanol–water partition coefficient (Wildman–Crippen LogP) is 3.81. The molecule has 2 heterocycles. The van der Waals surface area contributed by atoms with Gasteiger partial charge in [0, 0.05) is 17.7 Å². The maximum Gasteiger partial charge on any atom is 0.316 e. The minimum atomic E-state index is -0.499. The summed E-state index contributed by atoms with van der Waals surface area (Å²) in [6, 6.07) is 10.0. The number of nitriles is 1. The maximum atomic E-state index is 13.2. The van der Waals surface area contributed by atoms with Crippen LogP contribution in [-0.2, 0) is 14.3 Å². The molecule has 8 nitrogen and oxygen atoms in total. The molecule has 1 aromatic heterocycles. The number of esters is 1. The van der Waals surface area contributed by atoms with Crippen LogP contribution in [0.25, 0.3) is 0 Å². The first-order chi connectivity index (χ1) is 16.0. The van der Waals surface area contributed by atoms with Crippen molar-refractivity contribution in [2.75, 3.05) is 17.3 Å². The van der Waals surface area contributed by atoms with Crippen LogP contribution < -0.4 is 10.6 Å². The number of anilines is 1. The van der Waals surface area contributed by atoms with Crippen LogP contribution in [0, 0.1) is 18.3 Å². The van der Waals surface area contributed by atoms with Crippen molar-refractivity contribution in [3.8, 4) is 6.07 Å². The number of allylic oxidation sites excluding steroid dienone is 3. The lowest BCUT2D eigenvalue weighted by atomic mass is 9.75. The van der Waals surface area contributed by atoms with Crippen LogP contribution in [0.2, 0.25) is 0 Å². The number of thioether (sulfide) groups is 1. The second-order valence-electron chi connectivity index (χ2n) is 7.62. The van der Waals surface area contributed by atoms with Crippen molar-refractivity contribution in [1.29, 1.82) is 5.26 Å². The third-order valence-electron chi connectivity index (χ3n) is 5.62. The number of aryl methyl sites for hydroxylation is 1. The molecule has 0 radical (unpaired) electrons. The SMILES string of the molecule is CCOC(=O)CSc1nnc(N2C(N)=C(C#N)C(c3ccccc3C)C3=C2CCCC3=O)s1. The van der Waals surface area contributed by atoms with Gasteiger partial charge in [0.1, 0.15) is 5.82 Å². The molecule has 10 heteroatoms. The van der Waals surface area contributed by atoms with Gasteiger partial charge >= 0.3 is 5.97 Å². The van der Waals surface area contributed by atoms with E-state index in [-0.39, 0.29) is 23.3 Å². The first-order valence-corrected chi connectivity index (χ1v) is 12.4. The van der Waals surface area contributed by atoms with E-state index in [1.165, 1.54) is 23.1 Å². The van der Waals surface area contributed by atoms with Crippen molar-refractivity contribution in [3.63, 3.8) is 0 Å². The average molecular weight is 482 g/mol. The smallest absolute Gasteiger partial charge is 0.316 e. The first-order valence-electron chi connectivity index (χ1n) is 10.6. The number of nitrogens with zero attached hydrogens (tertiary/aromatic N) is 4. The van der Waals surface area contributed by atoms with Crippen LogP contribution in [0.15, 0.2) is 51.3 Å². The molecule has 170 valence electrons. The molecule has 1 atom stereocenters. The van der Waals surface area contributed by atoms with Crippen molar-refractivity contribution in [2.24, 2.45) is 5.73 Å². The zero-order valence-electron chi connectivity index (χ0n) is 18.3. The Morgan fingerprint density at radius 2 is 2.15 bits per heavy atom. The number of hydrogen-bond donors (Lipinski definition) is 1. The molecule has 0 saturated heterocycles. The van der Waals surface area contributed by atoms with Gasteiger partial charge in [0.05, 0.1) is 29.9 Å². The van der Waals surface area contributed by atoms with Crippen molar-refractivity contribution in [2.45, 2.75) is 43.4 Å². The van der Waals surface area contributed by atoms with Crippen molar-refractivity contribution in [1.82, 2.24) is 10.2 Å². The highest BCUT2D eigenvalue weighted by Gasteiger charge is 2.41.